The lowest BCUT2D eigenvalue weighted by Gasteiger charge is -2.09. The SMILES string of the molecule is COc1nc2cc(Br)cc(CN)c2nc1OC. The van der Waals surface area contributed by atoms with E-state index in [-0.39, 0.29) is 0 Å². The van der Waals surface area contributed by atoms with Gasteiger partial charge in [0.05, 0.1) is 25.3 Å². The number of hydrogen-bond donors (Lipinski definition) is 1. The van der Waals surface area contributed by atoms with Crippen molar-refractivity contribution >= 4 is 27.0 Å². The molecular weight excluding hydrogens is 286 g/mol. The van der Waals surface area contributed by atoms with Gasteiger partial charge >= 0.3 is 0 Å². The third kappa shape index (κ3) is 2.18. The minimum absolute atomic E-state index is 0.358. The molecule has 1 aromatic carbocycles. The first-order valence-corrected chi connectivity index (χ1v) is 5.77. The van der Waals surface area contributed by atoms with Gasteiger partial charge in [0.2, 0.25) is 0 Å². The third-order valence-corrected chi connectivity index (χ3v) is 2.82. The van der Waals surface area contributed by atoms with Gasteiger partial charge in [-0.1, -0.05) is 15.9 Å². The zero-order valence-electron chi connectivity index (χ0n) is 9.53. The topological polar surface area (TPSA) is 70.3 Å². The molecule has 0 atom stereocenters. The van der Waals surface area contributed by atoms with Crippen molar-refractivity contribution < 1.29 is 9.47 Å². The molecule has 0 unspecified atom stereocenters. The fourth-order valence-corrected chi connectivity index (χ4v) is 2.08. The Morgan fingerprint density at radius 3 is 2.41 bits per heavy atom. The van der Waals surface area contributed by atoms with E-state index in [1.807, 2.05) is 12.1 Å². The summed E-state index contributed by atoms with van der Waals surface area (Å²) >= 11 is 3.41. The van der Waals surface area contributed by atoms with Crippen LogP contribution in [0.15, 0.2) is 16.6 Å². The Bertz CT molecular complexity index is 560. The summed E-state index contributed by atoms with van der Waals surface area (Å²) in [4.78, 5) is 8.70. The molecule has 1 heterocycles. The minimum atomic E-state index is 0.358. The van der Waals surface area contributed by atoms with Gasteiger partial charge in [0.25, 0.3) is 11.8 Å². The van der Waals surface area contributed by atoms with Gasteiger partial charge < -0.3 is 15.2 Å². The molecule has 0 spiro atoms. The lowest BCUT2D eigenvalue weighted by atomic mass is 10.2. The summed E-state index contributed by atoms with van der Waals surface area (Å²) in [7, 11) is 3.06. The first-order chi connectivity index (χ1) is 8.19. The second kappa shape index (κ2) is 4.85. The Hall–Kier alpha value is -1.40. The lowest BCUT2D eigenvalue weighted by molar-refractivity contribution is 0.334. The molecule has 0 bridgehead atoms. The molecule has 0 saturated heterocycles. The van der Waals surface area contributed by atoms with Crippen LogP contribution in [0.1, 0.15) is 5.56 Å². The summed E-state index contributed by atoms with van der Waals surface area (Å²) in [5, 5.41) is 0. The van der Waals surface area contributed by atoms with E-state index in [0.29, 0.717) is 18.3 Å². The van der Waals surface area contributed by atoms with E-state index in [4.69, 9.17) is 15.2 Å². The number of methoxy groups -OCH3 is 2. The average molecular weight is 298 g/mol. The van der Waals surface area contributed by atoms with Crippen molar-refractivity contribution in [3.05, 3.63) is 22.2 Å². The van der Waals surface area contributed by atoms with E-state index < -0.39 is 0 Å². The Balaban J connectivity index is 2.77. The van der Waals surface area contributed by atoms with E-state index in [1.54, 1.807) is 0 Å². The van der Waals surface area contributed by atoms with Crippen LogP contribution in [0.5, 0.6) is 11.8 Å². The molecule has 2 rings (SSSR count). The van der Waals surface area contributed by atoms with Crippen LogP contribution >= 0.6 is 15.9 Å². The predicted octanol–water partition coefficient (Wildman–Crippen LogP) is 1.87. The number of ether oxygens (including phenoxy) is 2. The predicted molar refractivity (Wildman–Crippen MR) is 68.2 cm³/mol. The van der Waals surface area contributed by atoms with E-state index in [2.05, 4.69) is 25.9 Å². The van der Waals surface area contributed by atoms with Crippen LogP contribution < -0.4 is 15.2 Å². The zero-order valence-corrected chi connectivity index (χ0v) is 11.1. The Labute approximate surface area is 107 Å². The van der Waals surface area contributed by atoms with Crippen molar-refractivity contribution in [1.29, 1.82) is 0 Å². The van der Waals surface area contributed by atoms with Gasteiger partial charge in [-0.25, -0.2) is 9.97 Å². The Morgan fingerprint density at radius 2 is 1.82 bits per heavy atom. The molecular formula is C11H12BrN3O2. The van der Waals surface area contributed by atoms with Crippen molar-refractivity contribution in [2.75, 3.05) is 14.2 Å². The Kier molecular flexibility index (Phi) is 3.44. The quantitative estimate of drug-likeness (QED) is 0.936. The summed E-state index contributed by atoms with van der Waals surface area (Å²) in [5.41, 5.74) is 8.04. The van der Waals surface area contributed by atoms with Crippen LogP contribution in [-0.4, -0.2) is 24.2 Å². The molecule has 2 aromatic rings. The number of rotatable bonds is 3. The average Bonchev–Trinajstić information content (AvgIpc) is 2.35. The van der Waals surface area contributed by atoms with E-state index in [1.165, 1.54) is 14.2 Å². The molecule has 0 aliphatic heterocycles. The summed E-state index contributed by atoms with van der Waals surface area (Å²) in [5.74, 6) is 0.720. The second-order valence-corrected chi connectivity index (χ2v) is 4.29. The minimum Gasteiger partial charge on any atom is -0.477 e. The third-order valence-electron chi connectivity index (χ3n) is 2.36. The number of benzene rings is 1. The maximum absolute atomic E-state index is 5.69. The van der Waals surface area contributed by atoms with Crippen LogP contribution in [0.3, 0.4) is 0 Å². The number of nitrogens with zero attached hydrogens (tertiary/aromatic N) is 2. The van der Waals surface area contributed by atoms with Crippen molar-refractivity contribution in [2.45, 2.75) is 6.54 Å². The first-order valence-electron chi connectivity index (χ1n) is 4.97. The van der Waals surface area contributed by atoms with Crippen LogP contribution in [0, 0.1) is 0 Å². The highest BCUT2D eigenvalue weighted by molar-refractivity contribution is 9.10. The molecule has 1 aromatic heterocycles. The highest BCUT2D eigenvalue weighted by Crippen LogP contribution is 2.28. The standard InChI is InChI=1S/C11H12BrN3O2/c1-16-10-11(17-2)15-9-6(5-13)3-7(12)4-8(9)14-10/h3-4H,5,13H2,1-2H3. The van der Waals surface area contributed by atoms with E-state index in [0.717, 1.165) is 21.1 Å². The smallest absolute Gasteiger partial charge is 0.278 e. The first kappa shape index (κ1) is 12.1. The molecule has 5 nitrogen and oxygen atoms in total. The number of aromatic nitrogens is 2. The van der Waals surface area contributed by atoms with Gasteiger partial charge in [0, 0.05) is 11.0 Å². The maximum Gasteiger partial charge on any atom is 0.278 e. The monoisotopic (exact) mass is 297 g/mol. The fourth-order valence-electron chi connectivity index (χ4n) is 1.58. The van der Waals surface area contributed by atoms with Gasteiger partial charge in [0.15, 0.2) is 0 Å². The lowest BCUT2D eigenvalue weighted by Crippen LogP contribution is -2.02. The van der Waals surface area contributed by atoms with Crippen LogP contribution in [-0.2, 0) is 6.54 Å². The second-order valence-electron chi connectivity index (χ2n) is 3.38. The summed E-state index contributed by atoms with van der Waals surface area (Å²) in [6.45, 7) is 0.389. The van der Waals surface area contributed by atoms with Gasteiger partial charge in [-0.3, -0.25) is 0 Å². The van der Waals surface area contributed by atoms with Crippen molar-refractivity contribution in [2.24, 2.45) is 5.73 Å². The number of halogens is 1. The molecule has 0 fully saturated rings. The van der Waals surface area contributed by atoms with Crippen molar-refractivity contribution in [3.8, 4) is 11.8 Å². The molecule has 0 aliphatic rings. The largest absolute Gasteiger partial charge is 0.477 e. The number of nitrogens with two attached hydrogens (primary N) is 1. The fraction of sp³-hybridized carbons (Fsp3) is 0.273. The highest BCUT2D eigenvalue weighted by Gasteiger charge is 2.12. The molecule has 0 saturated carbocycles. The van der Waals surface area contributed by atoms with Crippen LogP contribution in [0.2, 0.25) is 0 Å². The van der Waals surface area contributed by atoms with E-state index >= 15 is 0 Å². The molecule has 90 valence electrons. The molecule has 6 heteroatoms. The van der Waals surface area contributed by atoms with Crippen molar-refractivity contribution in [1.82, 2.24) is 9.97 Å². The van der Waals surface area contributed by atoms with Gasteiger partial charge in [0.1, 0.15) is 0 Å². The van der Waals surface area contributed by atoms with Crippen molar-refractivity contribution in [3.63, 3.8) is 0 Å². The van der Waals surface area contributed by atoms with Gasteiger partial charge in [-0.05, 0) is 17.7 Å². The normalized spacial score (nSPS) is 10.6. The van der Waals surface area contributed by atoms with Gasteiger partial charge in [-0.2, -0.15) is 0 Å². The molecule has 2 N–H and O–H groups in total. The number of fused-ring (bicyclic) bond motifs is 1. The highest BCUT2D eigenvalue weighted by atomic mass is 79.9. The summed E-state index contributed by atoms with van der Waals surface area (Å²) < 4.78 is 11.1. The molecule has 0 amide bonds. The zero-order chi connectivity index (χ0) is 12.4. The molecule has 0 aliphatic carbocycles. The summed E-state index contributed by atoms with van der Waals surface area (Å²) in [6, 6.07) is 3.78. The maximum atomic E-state index is 5.69. The van der Waals surface area contributed by atoms with Gasteiger partial charge in [-0.15, -0.1) is 0 Å². The summed E-state index contributed by atoms with van der Waals surface area (Å²) in [6.07, 6.45) is 0. The van der Waals surface area contributed by atoms with Crippen LogP contribution in [0.4, 0.5) is 0 Å². The van der Waals surface area contributed by atoms with E-state index in [9.17, 15) is 0 Å². The number of hydrogen-bond acceptors (Lipinski definition) is 5. The van der Waals surface area contributed by atoms with Crippen LogP contribution in [0.25, 0.3) is 11.0 Å². The Morgan fingerprint density at radius 1 is 1.18 bits per heavy atom. The molecule has 0 radical (unpaired) electrons. The molecule has 17 heavy (non-hydrogen) atoms.